The Morgan fingerprint density at radius 2 is 2.13 bits per heavy atom. The van der Waals surface area contributed by atoms with Crippen LogP contribution in [0.1, 0.15) is 29.7 Å². The van der Waals surface area contributed by atoms with Crippen LogP contribution in [0.25, 0.3) is 0 Å². The van der Waals surface area contributed by atoms with E-state index in [2.05, 4.69) is 26.3 Å². The quantitative estimate of drug-likeness (QED) is 0.640. The van der Waals surface area contributed by atoms with Crippen LogP contribution < -0.4 is 15.1 Å². The molecule has 11 nitrogen and oxygen atoms in total. The van der Waals surface area contributed by atoms with E-state index in [0.29, 0.717) is 36.8 Å². The number of nitrogens with zero attached hydrogens (tertiary/aromatic N) is 7. The average molecular weight is 519 g/mol. The second-order valence-corrected chi connectivity index (χ2v) is 10.6. The highest BCUT2D eigenvalue weighted by Crippen LogP contribution is 2.41. The molecule has 3 amide bonds. The van der Waals surface area contributed by atoms with Gasteiger partial charge in [-0.1, -0.05) is 6.07 Å². The van der Waals surface area contributed by atoms with Crippen LogP contribution >= 0.6 is 0 Å². The van der Waals surface area contributed by atoms with Crippen LogP contribution in [0.5, 0.6) is 0 Å². The summed E-state index contributed by atoms with van der Waals surface area (Å²) in [7, 11) is 3.59. The molecule has 1 atom stereocenters. The molecule has 0 aromatic carbocycles. The van der Waals surface area contributed by atoms with Crippen molar-refractivity contribution in [3.63, 3.8) is 0 Å². The van der Waals surface area contributed by atoms with E-state index in [1.54, 1.807) is 19.2 Å². The normalized spacial score (nSPS) is 21.7. The van der Waals surface area contributed by atoms with Crippen LogP contribution in [0.4, 0.5) is 22.1 Å². The minimum atomic E-state index is -0.385. The van der Waals surface area contributed by atoms with E-state index >= 15 is 0 Å². The van der Waals surface area contributed by atoms with Crippen LogP contribution in [0.2, 0.25) is 0 Å². The van der Waals surface area contributed by atoms with Crippen molar-refractivity contribution in [3.8, 4) is 6.07 Å². The van der Waals surface area contributed by atoms with E-state index in [0.717, 1.165) is 62.6 Å². The van der Waals surface area contributed by atoms with E-state index < -0.39 is 0 Å². The van der Waals surface area contributed by atoms with Gasteiger partial charge in [0.05, 0.1) is 24.4 Å². The number of carbonyl (C=O) groups excluding carboxylic acids is 2. The Hall–Kier alpha value is -3.75. The highest BCUT2D eigenvalue weighted by atomic mass is 16.5. The van der Waals surface area contributed by atoms with Crippen molar-refractivity contribution in [2.24, 2.45) is 5.41 Å². The summed E-state index contributed by atoms with van der Waals surface area (Å²) in [5, 5.41) is 12.5. The third-order valence-corrected chi connectivity index (χ3v) is 7.90. The maximum Gasteiger partial charge on any atom is 0.328 e. The Balaban J connectivity index is 1.26. The molecule has 3 aliphatic rings. The van der Waals surface area contributed by atoms with Gasteiger partial charge in [0.1, 0.15) is 17.7 Å². The number of urea groups is 1. The van der Waals surface area contributed by atoms with E-state index in [-0.39, 0.29) is 17.4 Å². The van der Waals surface area contributed by atoms with Gasteiger partial charge in [0.15, 0.2) is 0 Å². The lowest BCUT2D eigenvalue weighted by Crippen LogP contribution is -2.48. The zero-order valence-corrected chi connectivity index (χ0v) is 22.2. The van der Waals surface area contributed by atoms with Crippen molar-refractivity contribution in [3.05, 3.63) is 41.2 Å². The number of hydrogen-bond acceptors (Lipinski definition) is 8. The molecule has 11 heteroatoms. The third-order valence-electron chi connectivity index (χ3n) is 7.90. The number of nitrogens with one attached hydrogen (secondary N) is 1. The Labute approximate surface area is 223 Å². The van der Waals surface area contributed by atoms with Crippen molar-refractivity contribution in [1.29, 1.82) is 5.26 Å². The first-order chi connectivity index (χ1) is 18.3. The predicted molar refractivity (Wildman–Crippen MR) is 143 cm³/mol. The number of carbonyl (C=O) groups is 2. The van der Waals surface area contributed by atoms with Crippen LogP contribution in [0.3, 0.4) is 0 Å². The molecule has 3 saturated heterocycles. The molecule has 1 unspecified atom stereocenters. The molecule has 200 valence electrons. The molecule has 2 aromatic heterocycles. The summed E-state index contributed by atoms with van der Waals surface area (Å²) in [5.41, 5.74) is 3.13. The van der Waals surface area contributed by atoms with E-state index in [9.17, 15) is 14.9 Å². The predicted octanol–water partition coefficient (Wildman–Crippen LogP) is 2.22. The summed E-state index contributed by atoms with van der Waals surface area (Å²) in [6.07, 6.45) is 3.56. The highest BCUT2D eigenvalue weighted by molar-refractivity contribution is 6.00. The molecular formula is C27H34N8O3. The first-order valence-electron chi connectivity index (χ1n) is 13.0. The van der Waals surface area contributed by atoms with Gasteiger partial charge in [-0.3, -0.25) is 19.9 Å². The van der Waals surface area contributed by atoms with Crippen LogP contribution in [-0.2, 0) is 16.1 Å². The number of amides is 3. The van der Waals surface area contributed by atoms with Gasteiger partial charge in [-0.25, -0.2) is 14.8 Å². The lowest BCUT2D eigenvalue weighted by Gasteiger charge is -2.32. The molecule has 1 spiro atoms. The average Bonchev–Trinajstić information content (AvgIpc) is 3.55. The molecule has 5 heterocycles. The summed E-state index contributed by atoms with van der Waals surface area (Å²) >= 11 is 0. The summed E-state index contributed by atoms with van der Waals surface area (Å²) in [5.74, 6) is 0.972. The van der Waals surface area contributed by atoms with Gasteiger partial charge in [-0.15, -0.1) is 0 Å². The summed E-state index contributed by atoms with van der Waals surface area (Å²) in [6, 6.07) is 7.32. The molecule has 3 fully saturated rings. The molecule has 5 rings (SSSR count). The second kappa shape index (κ2) is 10.6. The molecule has 3 aliphatic heterocycles. The Morgan fingerprint density at radius 3 is 2.84 bits per heavy atom. The molecule has 0 radical (unpaired) electrons. The molecule has 1 N–H and O–H groups in total. The number of likely N-dealkylation sites (N-methyl/N-ethyl adjacent to an activating group) is 1. The zero-order chi connectivity index (χ0) is 26.9. The number of piperazine rings is 1. The smallest absolute Gasteiger partial charge is 0.328 e. The Kier molecular flexibility index (Phi) is 7.19. The summed E-state index contributed by atoms with van der Waals surface area (Å²) < 4.78 is 5.64. The van der Waals surface area contributed by atoms with Gasteiger partial charge in [0.25, 0.3) is 0 Å². The molecule has 0 saturated carbocycles. The van der Waals surface area contributed by atoms with Crippen LogP contribution in [-0.4, -0.2) is 91.7 Å². The Bertz CT molecular complexity index is 1270. The second-order valence-electron chi connectivity index (χ2n) is 10.6. The van der Waals surface area contributed by atoms with E-state index in [1.807, 2.05) is 29.8 Å². The maximum atomic E-state index is 13.1. The number of hydrogen-bond donors (Lipinski definition) is 1. The van der Waals surface area contributed by atoms with Crippen molar-refractivity contribution < 1.29 is 14.3 Å². The largest absolute Gasteiger partial charge is 0.381 e. The van der Waals surface area contributed by atoms with Crippen molar-refractivity contribution in [1.82, 2.24) is 19.8 Å². The topological polar surface area (TPSA) is 118 Å². The lowest BCUT2D eigenvalue weighted by atomic mass is 9.87. The van der Waals surface area contributed by atoms with Gasteiger partial charge in [-0.2, -0.15) is 5.26 Å². The van der Waals surface area contributed by atoms with Gasteiger partial charge in [0.2, 0.25) is 5.91 Å². The molecular weight excluding hydrogens is 484 g/mol. The van der Waals surface area contributed by atoms with Gasteiger partial charge in [0, 0.05) is 69.8 Å². The van der Waals surface area contributed by atoms with Crippen molar-refractivity contribution >= 4 is 29.3 Å². The molecule has 0 bridgehead atoms. The van der Waals surface area contributed by atoms with Gasteiger partial charge < -0.3 is 14.5 Å². The highest BCUT2D eigenvalue weighted by Gasteiger charge is 2.42. The maximum absolute atomic E-state index is 13.1. The molecule has 38 heavy (non-hydrogen) atoms. The van der Waals surface area contributed by atoms with Crippen molar-refractivity contribution in [2.45, 2.75) is 26.3 Å². The minimum Gasteiger partial charge on any atom is -0.381 e. The van der Waals surface area contributed by atoms with Crippen molar-refractivity contribution in [2.75, 3.05) is 75.1 Å². The van der Waals surface area contributed by atoms with E-state index in [4.69, 9.17) is 4.74 Å². The SMILES string of the molecule is Cc1nc(N(C)C(=O)Nc2cc(N3CCC4(CCOC4)C3)c(C#N)cn2)ccc1CN1CCN(C)CC1=O. The number of rotatable bonds is 5. The van der Waals surface area contributed by atoms with Crippen LogP contribution in [0, 0.1) is 23.7 Å². The first kappa shape index (κ1) is 25.9. The molecule has 0 aliphatic carbocycles. The number of aromatic nitrogens is 2. The number of anilines is 3. The standard InChI is InChI=1S/C27H34N8O3/c1-19-20(15-34-10-9-32(2)16-25(34)36)4-5-24(30-19)33(3)26(37)31-23-12-22(21(13-28)14-29-23)35-8-6-27(17-35)7-11-38-18-27/h4-5,12,14H,6-11,15-18H2,1-3H3,(H,29,31,37). The van der Waals surface area contributed by atoms with Gasteiger partial charge in [-0.05, 0) is 38.4 Å². The first-order valence-corrected chi connectivity index (χ1v) is 13.0. The fraction of sp³-hybridized carbons (Fsp3) is 0.519. The lowest BCUT2D eigenvalue weighted by molar-refractivity contribution is -0.136. The number of pyridine rings is 2. The monoisotopic (exact) mass is 518 g/mol. The number of ether oxygens (including phenoxy) is 1. The Morgan fingerprint density at radius 1 is 1.29 bits per heavy atom. The zero-order valence-electron chi connectivity index (χ0n) is 22.2. The number of nitriles is 1. The third kappa shape index (κ3) is 5.28. The number of aryl methyl sites for hydroxylation is 1. The van der Waals surface area contributed by atoms with Gasteiger partial charge >= 0.3 is 6.03 Å². The summed E-state index contributed by atoms with van der Waals surface area (Å²) in [6.45, 7) is 7.54. The summed E-state index contributed by atoms with van der Waals surface area (Å²) in [4.78, 5) is 41.8. The molecule has 2 aromatic rings. The fourth-order valence-electron chi connectivity index (χ4n) is 5.40. The van der Waals surface area contributed by atoms with Crippen LogP contribution in [0.15, 0.2) is 24.4 Å². The van der Waals surface area contributed by atoms with E-state index in [1.165, 1.54) is 11.1 Å². The fourth-order valence-corrected chi connectivity index (χ4v) is 5.40. The minimum absolute atomic E-state index is 0.105.